The van der Waals surface area contributed by atoms with Gasteiger partial charge in [0.25, 0.3) is 0 Å². The van der Waals surface area contributed by atoms with Crippen LogP contribution in [0.4, 0.5) is 0 Å². The van der Waals surface area contributed by atoms with E-state index in [9.17, 15) is 29.1 Å². The number of rotatable bonds is 13. The van der Waals surface area contributed by atoms with Crippen LogP contribution < -0.4 is 16.8 Å². The molecule has 1 aliphatic carbocycles. The van der Waals surface area contributed by atoms with Gasteiger partial charge in [-0.2, -0.15) is 0 Å². The molecule has 2 rings (SSSR count). The number of carbonyl (C=O) groups excluding carboxylic acids is 3. The monoisotopic (exact) mass is 496 g/mol. The molecule has 1 saturated carbocycles. The predicted octanol–water partition coefficient (Wildman–Crippen LogP) is 0.493. The second-order valence-corrected chi connectivity index (χ2v) is 9.97. The van der Waals surface area contributed by atoms with Gasteiger partial charge in [0, 0.05) is 18.9 Å². The lowest BCUT2D eigenvalue weighted by Crippen LogP contribution is -2.67. The van der Waals surface area contributed by atoms with E-state index in [2.05, 4.69) is 5.32 Å². The third-order valence-corrected chi connectivity index (χ3v) is 7.49. The zero-order valence-electron chi connectivity index (χ0n) is 20.6. The summed E-state index contributed by atoms with van der Waals surface area (Å²) < 4.78 is 0. The fourth-order valence-electron chi connectivity index (χ4n) is 5.52. The maximum absolute atomic E-state index is 13.4. The molecular weight excluding hydrogens is 456 g/mol. The Morgan fingerprint density at radius 2 is 1.71 bits per heavy atom. The number of Topliss-reactive ketones (excluding diaryl/α,β-unsaturated/α-hetero) is 2. The van der Waals surface area contributed by atoms with E-state index in [1.54, 1.807) is 6.92 Å². The van der Waals surface area contributed by atoms with Crippen LogP contribution in [0.5, 0.6) is 0 Å². The number of hydrogen-bond acceptors (Lipinski definition) is 8. The number of nitrogens with one attached hydrogen (secondary N) is 1. The summed E-state index contributed by atoms with van der Waals surface area (Å²) >= 11 is 0. The summed E-state index contributed by atoms with van der Waals surface area (Å²) in [6.07, 6.45) is 4.01. The zero-order valence-corrected chi connectivity index (χ0v) is 20.6. The second kappa shape index (κ2) is 12.5. The lowest BCUT2D eigenvalue weighted by Gasteiger charge is -2.42. The fourth-order valence-corrected chi connectivity index (χ4v) is 5.52. The largest absolute Gasteiger partial charge is 0.481 e. The molecule has 0 bridgehead atoms. The summed E-state index contributed by atoms with van der Waals surface area (Å²) in [6.45, 7) is 3.68. The standard InChI is InChI=1S/C24H40N4O7/c1-2-28(19(30)8-5-6-16-9-12-27-13-10-16)15-18(29)17-7-3-4-11-23(17,22(34)35)21(33)24(25,26)14-20(31)32/h16-17,27H,2-15,25-26H2,1H3,(H,31,32)(H,34,35). The highest BCUT2D eigenvalue weighted by molar-refractivity contribution is 6.12. The van der Waals surface area contributed by atoms with Crippen molar-refractivity contribution in [3.8, 4) is 0 Å². The minimum Gasteiger partial charge on any atom is -0.481 e. The first kappa shape index (κ1) is 28.9. The fraction of sp³-hybridized carbons (Fsp3) is 0.792. The Hall–Kier alpha value is -2.37. The van der Waals surface area contributed by atoms with Gasteiger partial charge in [-0.15, -0.1) is 0 Å². The molecule has 1 amide bonds. The van der Waals surface area contributed by atoms with E-state index in [1.165, 1.54) is 4.90 Å². The highest BCUT2D eigenvalue weighted by atomic mass is 16.4. The normalized spacial score (nSPS) is 23.5. The van der Waals surface area contributed by atoms with Gasteiger partial charge >= 0.3 is 11.9 Å². The number of hydrogen-bond donors (Lipinski definition) is 5. The van der Waals surface area contributed by atoms with Crippen molar-refractivity contribution >= 4 is 29.4 Å². The van der Waals surface area contributed by atoms with E-state index in [1.807, 2.05) is 0 Å². The molecular formula is C24H40N4O7. The maximum Gasteiger partial charge on any atom is 0.318 e. The molecule has 1 saturated heterocycles. The minimum atomic E-state index is -2.44. The van der Waals surface area contributed by atoms with E-state index in [-0.39, 0.29) is 31.8 Å². The maximum atomic E-state index is 13.4. The highest BCUT2D eigenvalue weighted by Crippen LogP contribution is 2.45. The molecule has 11 nitrogen and oxygen atoms in total. The third-order valence-electron chi connectivity index (χ3n) is 7.49. The van der Waals surface area contributed by atoms with Crippen LogP contribution in [0.2, 0.25) is 0 Å². The number of amides is 1. The molecule has 1 aliphatic heterocycles. The molecule has 11 heteroatoms. The molecule has 0 aromatic carbocycles. The quantitative estimate of drug-likeness (QED) is 0.177. The van der Waals surface area contributed by atoms with Gasteiger partial charge in [-0.1, -0.05) is 12.8 Å². The molecule has 0 aromatic rings. The molecule has 2 unspecified atom stereocenters. The lowest BCUT2D eigenvalue weighted by molar-refractivity contribution is -0.168. The number of aliphatic carboxylic acids is 2. The average Bonchev–Trinajstić information content (AvgIpc) is 2.81. The van der Waals surface area contributed by atoms with E-state index in [0.29, 0.717) is 31.6 Å². The van der Waals surface area contributed by atoms with E-state index < -0.39 is 46.9 Å². The first-order valence-corrected chi connectivity index (χ1v) is 12.5. The van der Waals surface area contributed by atoms with Crippen molar-refractivity contribution in [2.45, 2.75) is 76.8 Å². The van der Waals surface area contributed by atoms with Crippen LogP contribution in [-0.2, 0) is 24.0 Å². The number of likely N-dealkylation sites (N-methyl/N-ethyl adjacent to an activating group) is 1. The van der Waals surface area contributed by atoms with Crippen molar-refractivity contribution in [1.29, 1.82) is 0 Å². The molecule has 0 spiro atoms. The number of ketones is 2. The number of carboxylic acid groups (broad SMARTS) is 2. The number of nitrogens with zero attached hydrogens (tertiary/aromatic N) is 1. The Balaban J connectivity index is 2.13. The minimum absolute atomic E-state index is 0.126. The number of carbonyl (C=O) groups is 5. The van der Waals surface area contributed by atoms with Gasteiger partial charge in [0.05, 0.1) is 13.0 Å². The number of nitrogens with two attached hydrogens (primary N) is 2. The van der Waals surface area contributed by atoms with Crippen molar-refractivity contribution in [3.63, 3.8) is 0 Å². The molecule has 2 atom stereocenters. The first-order chi connectivity index (χ1) is 16.5. The second-order valence-electron chi connectivity index (χ2n) is 9.97. The Kier molecular flexibility index (Phi) is 10.3. The molecule has 35 heavy (non-hydrogen) atoms. The third kappa shape index (κ3) is 7.08. The van der Waals surface area contributed by atoms with Crippen LogP contribution in [0.15, 0.2) is 0 Å². The lowest BCUT2D eigenvalue weighted by atomic mass is 9.60. The van der Waals surface area contributed by atoms with Crippen LogP contribution in [0, 0.1) is 17.3 Å². The van der Waals surface area contributed by atoms with Gasteiger partial charge in [0.15, 0.2) is 11.6 Å². The van der Waals surface area contributed by atoms with Gasteiger partial charge in [-0.05, 0) is 64.5 Å². The van der Waals surface area contributed by atoms with E-state index >= 15 is 0 Å². The van der Waals surface area contributed by atoms with E-state index in [4.69, 9.17) is 16.6 Å². The summed E-state index contributed by atoms with van der Waals surface area (Å²) in [5.74, 6) is -5.52. The van der Waals surface area contributed by atoms with Gasteiger partial charge in [0.2, 0.25) is 5.91 Å². The Bertz CT molecular complexity index is 810. The molecule has 2 aliphatic rings. The SMILES string of the molecule is CCN(CC(=O)C1CCCCC1(C(=O)O)C(=O)C(N)(N)CC(=O)O)C(=O)CCCC1CCNCC1. The van der Waals surface area contributed by atoms with E-state index in [0.717, 1.165) is 32.4 Å². The topological polar surface area (TPSA) is 193 Å². The summed E-state index contributed by atoms with van der Waals surface area (Å²) in [5, 5.41) is 22.5. The average molecular weight is 497 g/mol. The number of piperidine rings is 1. The number of carboxylic acids is 2. The van der Waals surface area contributed by atoms with Crippen molar-refractivity contribution in [2.24, 2.45) is 28.7 Å². The van der Waals surface area contributed by atoms with Crippen LogP contribution in [0.3, 0.4) is 0 Å². The summed E-state index contributed by atoms with van der Waals surface area (Å²) in [5.41, 5.74) is 6.90. The predicted molar refractivity (Wildman–Crippen MR) is 127 cm³/mol. The Morgan fingerprint density at radius 3 is 2.29 bits per heavy atom. The molecule has 0 radical (unpaired) electrons. The van der Waals surface area contributed by atoms with Crippen molar-refractivity contribution in [1.82, 2.24) is 10.2 Å². The summed E-state index contributed by atoms with van der Waals surface area (Å²) in [6, 6.07) is 0. The van der Waals surface area contributed by atoms with Gasteiger partial charge in [0.1, 0.15) is 11.1 Å². The molecule has 198 valence electrons. The van der Waals surface area contributed by atoms with Crippen LogP contribution in [0.1, 0.15) is 71.1 Å². The Morgan fingerprint density at radius 1 is 1.06 bits per heavy atom. The van der Waals surface area contributed by atoms with Gasteiger partial charge in [-0.25, -0.2) is 0 Å². The van der Waals surface area contributed by atoms with Gasteiger partial charge in [-0.3, -0.25) is 24.0 Å². The molecule has 0 aromatic heterocycles. The molecule has 2 fully saturated rings. The van der Waals surface area contributed by atoms with Crippen molar-refractivity contribution in [2.75, 3.05) is 26.2 Å². The van der Waals surface area contributed by atoms with Crippen LogP contribution >= 0.6 is 0 Å². The zero-order chi connectivity index (χ0) is 26.2. The van der Waals surface area contributed by atoms with Crippen molar-refractivity contribution < 1.29 is 34.2 Å². The van der Waals surface area contributed by atoms with Crippen molar-refractivity contribution in [3.05, 3.63) is 0 Å². The molecule has 7 N–H and O–H groups in total. The highest BCUT2D eigenvalue weighted by Gasteiger charge is 2.60. The van der Waals surface area contributed by atoms with Gasteiger partial charge < -0.3 is 31.9 Å². The Labute approximate surface area is 206 Å². The summed E-state index contributed by atoms with van der Waals surface area (Å²) in [4.78, 5) is 64.4. The summed E-state index contributed by atoms with van der Waals surface area (Å²) in [7, 11) is 0. The van der Waals surface area contributed by atoms with Crippen LogP contribution in [0.25, 0.3) is 0 Å². The smallest absolute Gasteiger partial charge is 0.318 e. The first-order valence-electron chi connectivity index (χ1n) is 12.5. The van der Waals surface area contributed by atoms with Crippen LogP contribution in [-0.4, -0.2) is 76.4 Å². The molecule has 1 heterocycles.